The molecule has 2 rings (SSSR count). The third-order valence-electron chi connectivity index (χ3n) is 3.53. The van der Waals surface area contributed by atoms with Gasteiger partial charge in [0.05, 0.1) is 11.3 Å². The van der Waals surface area contributed by atoms with Gasteiger partial charge in [0.1, 0.15) is 0 Å². The molecule has 0 saturated heterocycles. The Labute approximate surface area is 133 Å². The number of amides is 3. The molecule has 1 aliphatic rings. The van der Waals surface area contributed by atoms with Gasteiger partial charge >= 0.3 is 6.03 Å². The van der Waals surface area contributed by atoms with E-state index in [0.29, 0.717) is 5.16 Å². The molecule has 0 spiro atoms. The van der Waals surface area contributed by atoms with Crippen molar-refractivity contribution in [3.63, 3.8) is 0 Å². The minimum absolute atomic E-state index is 0.110. The van der Waals surface area contributed by atoms with E-state index in [4.69, 9.17) is 0 Å². The lowest BCUT2D eigenvalue weighted by atomic mass is 10.2. The van der Waals surface area contributed by atoms with E-state index in [2.05, 4.69) is 26.2 Å². The molecule has 0 bridgehead atoms. The summed E-state index contributed by atoms with van der Waals surface area (Å²) in [5, 5.41) is 16.7. The maximum Gasteiger partial charge on any atom is 0.321 e. The summed E-state index contributed by atoms with van der Waals surface area (Å²) in [6.07, 6.45) is 4.22. The number of urea groups is 1. The lowest BCUT2D eigenvalue weighted by molar-refractivity contribution is -0.119. The fourth-order valence-corrected chi connectivity index (χ4v) is 3.23. The Morgan fingerprint density at radius 1 is 1.27 bits per heavy atom. The highest BCUT2D eigenvalue weighted by Crippen LogP contribution is 2.22. The topological polar surface area (TPSA) is 102 Å². The van der Waals surface area contributed by atoms with Gasteiger partial charge in [-0.15, -0.1) is 5.10 Å². The molecule has 1 aromatic heterocycles. The van der Waals surface area contributed by atoms with Crippen molar-refractivity contribution in [3.05, 3.63) is 0 Å². The molecule has 1 heterocycles. The van der Waals surface area contributed by atoms with Crippen LogP contribution in [0, 0.1) is 0 Å². The van der Waals surface area contributed by atoms with Crippen LogP contribution in [0.15, 0.2) is 5.16 Å². The van der Waals surface area contributed by atoms with Crippen molar-refractivity contribution in [2.45, 2.75) is 68.9 Å². The SMILES string of the molecule is CC(C)n1nnnc1S[C@@H](C)C(=O)NC(=O)NC1CCCC1. The van der Waals surface area contributed by atoms with Crippen molar-refractivity contribution >= 4 is 23.7 Å². The molecule has 8 nitrogen and oxygen atoms in total. The zero-order valence-electron chi connectivity index (χ0n) is 13.1. The fraction of sp³-hybridized carbons (Fsp3) is 0.769. The number of nitrogens with one attached hydrogen (secondary N) is 2. The van der Waals surface area contributed by atoms with Gasteiger partial charge in [0.2, 0.25) is 11.1 Å². The summed E-state index contributed by atoms with van der Waals surface area (Å²) in [6, 6.07) is -0.129. The summed E-state index contributed by atoms with van der Waals surface area (Å²) in [5.41, 5.74) is 0. The van der Waals surface area contributed by atoms with E-state index in [0.717, 1.165) is 25.7 Å². The molecule has 0 aromatic carbocycles. The molecule has 1 aliphatic carbocycles. The molecule has 122 valence electrons. The quantitative estimate of drug-likeness (QED) is 0.795. The first-order chi connectivity index (χ1) is 10.5. The van der Waals surface area contributed by atoms with Gasteiger partial charge in [0, 0.05) is 6.04 Å². The third kappa shape index (κ3) is 4.43. The number of hydrogen-bond acceptors (Lipinski definition) is 6. The maximum absolute atomic E-state index is 12.1. The smallest absolute Gasteiger partial charge is 0.321 e. The molecule has 1 fully saturated rings. The van der Waals surface area contributed by atoms with Crippen LogP contribution < -0.4 is 10.6 Å². The predicted octanol–water partition coefficient (Wildman–Crippen LogP) is 1.50. The Balaban J connectivity index is 1.83. The molecule has 0 aliphatic heterocycles. The maximum atomic E-state index is 12.1. The minimum Gasteiger partial charge on any atom is -0.335 e. The van der Waals surface area contributed by atoms with Crippen LogP contribution in [-0.2, 0) is 4.79 Å². The first-order valence-corrected chi connectivity index (χ1v) is 8.41. The number of hydrogen-bond donors (Lipinski definition) is 2. The molecule has 1 aromatic rings. The lowest BCUT2D eigenvalue weighted by Gasteiger charge is -2.15. The number of imide groups is 1. The molecule has 0 unspecified atom stereocenters. The molecule has 0 radical (unpaired) electrons. The van der Waals surface area contributed by atoms with Gasteiger partial charge in [0.25, 0.3) is 0 Å². The Hall–Kier alpha value is -1.64. The molecule has 22 heavy (non-hydrogen) atoms. The molecular weight excluding hydrogens is 304 g/mol. The molecule has 1 atom stereocenters. The van der Waals surface area contributed by atoms with Crippen LogP contribution in [0.2, 0.25) is 0 Å². The number of carbonyl (C=O) groups is 2. The molecule has 3 amide bonds. The first-order valence-electron chi connectivity index (χ1n) is 7.53. The van der Waals surface area contributed by atoms with Gasteiger partial charge in [-0.3, -0.25) is 10.1 Å². The van der Waals surface area contributed by atoms with Gasteiger partial charge in [-0.05, 0) is 44.0 Å². The Bertz CT molecular complexity index is 526. The van der Waals surface area contributed by atoms with Crippen molar-refractivity contribution in [1.29, 1.82) is 0 Å². The highest BCUT2D eigenvalue weighted by atomic mass is 32.2. The molecular formula is C13H22N6O2S. The summed E-state index contributed by atoms with van der Waals surface area (Å²) < 4.78 is 1.65. The number of aromatic nitrogens is 4. The number of tetrazole rings is 1. The van der Waals surface area contributed by atoms with Crippen molar-refractivity contribution in [2.24, 2.45) is 0 Å². The molecule has 9 heteroatoms. The normalized spacial score (nSPS) is 16.7. The summed E-state index contributed by atoms with van der Waals surface area (Å²) >= 11 is 1.23. The highest BCUT2D eigenvalue weighted by Gasteiger charge is 2.23. The van der Waals surface area contributed by atoms with Crippen molar-refractivity contribution < 1.29 is 9.59 Å². The first kappa shape index (κ1) is 16.7. The summed E-state index contributed by atoms with van der Waals surface area (Å²) in [7, 11) is 0. The van der Waals surface area contributed by atoms with Crippen LogP contribution in [0.25, 0.3) is 0 Å². The van der Waals surface area contributed by atoms with E-state index < -0.39 is 11.3 Å². The van der Waals surface area contributed by atoms with Gasteiger partial charge in [0.15, 0.2) is 0 Å². The number of rotatable bonds is 5. The Kier molecular flexibility index (Phi) is 5.76. The predicted molar refractivity (Wildman–Crippen MR) is 82.5 cm³/mol. The Morgan fingerprint density at radius 3 is 2.59 bits per heavy atom. The summed E-state index contributed by atoms with van der Waals surface area (Å²) in [4.78, 5) is 23.9. The van der Waals surface area contributed by atoms with Crippen molar-refractivity contribution in [1.82, 2.24) is 30.8 Å². The highest BCUT2D eigenvalue weighted by molar-refractivity contribution is 8.00. The second-order valence-electron chi connectivity index (χ2n) is 5.70. The minimum atomic E-state index is -0.460. The standard InChI is InChI=1S/C13H22N6O2S/c1-8(2)19-13(16-17-18-19)22-9(3)11(20)15-12(21)14-10-6-4-5-7-10/h8-10H,4-7H2,1-3H3,(H2,14,15,20,21)/t9-/m0/s1. The second-order valence-corrected chi connectivity index (χ2v) is 7.01. The van der Waals surface area contributed by atoms with Crippen LogP contribution in [0.5, 0.6) is 0 Å². The van der Waals surface area contributed by atoms with E-state index in [1.54, 1.807) is 11.6 Å². The molecule has 2 N–H and O–H groups in total. The van der Waals surface area contributed by atoms with Crippen molar-refractivity contribution in [2.75, 3.05) is 0 Å². The van der Waals surface area contributed by atoms with Crippen LogP contribution in [0.4, 0.5) is 4.79 Å². The van der Waals surface area contributed by atoms with Crippen LogP contribution in [0.1, 0.15) is 52.5 Å². The van der Waals surface area contributed by atoms with E-state index in [-0.39, 0.29) is 18.0 Å². The van der Waals surface area contributed by atoms with Crippen molar-refractivity contribution in [3.8, 4) is 0 Å². The van der Waals surface area contributed by atoms with E-state index in [1.165, 1.54) is 11.8 Å². The van der Waals surface area contributed by atoms with Gasteiger partial charge in [-0.1, -0.05) is 24.6 Å². The number of thioether (sulfide) groups is 1. The van der Waals surface area contributed by atoms with Gasteiger partial charge in [-0.2, -0.15) is 0 Å². The van der Waals surface area contributed by atoms with Crippen LogP contribution in [-0.4, -0.2) is 43.4 Å². The van der Waals surface area contributed by atoms with E-state index in [9.17, 15) is 9.59 Å². The number of carbonyl (C=O) groups excluding carboxylic acids is 2. The molecule has 1 saturated carbocycles. The summed E-state index contributed by atoms with van der Waals surface area (Å²) in [6.45, 7) is 5.64. The second kappa shape index (κ2) is 7.57. The number of nitrogens with zero attached hydrogens (tertiary/aromatic N) is 4. The Morgan fingerprint density at radius 2 is 1.95 bits per heavy atom. The van der Waals surface area contributed by atoms with E-state index >= 15 is 0 Å². The zero-order chi connectivity index (χ0) is 16.1. The average molecular weight is 326 g/mol. The zero-order valence-corrected chi connectivity index (χ0v) is 13.9. The van der Waals surface area contributed by atoms with E-state index in [1.807, 2.05) is 13.8 Å². The van der Waals surface area contributed by atoms with Crippen LogP contribution >= 0.6 is 11.8 Å². The van der Waals surface area contributed by atoms with Crippen LogP contribution in [0.3, 0.4) is 0 Å². The third-order valence-corrected chi connectivity index (χ3v) is 4.58. The fourth-order valence-electron chi connectivity index (χ4n) is 2.30. The van der Waals surface area contributed by atoms with Gasteiger partial charge < -0.3 is 5.32 Å². The van der Waals surface area contributed by atoms with Gasteiger partial charge in [-0.25, -0.2) is 9.48 Å². The monoisotopic (exact) mass is 326 g/mol. The largest absolute Gasteiger partial charge is 0.335 e. The summed E-state index contributed by atoms with van der Waals surface area (Å²) in [5.74, 6) is -0.348. The average Bonchev–Trinajstić information content (AvgIpc) is 3.09. The lowest BCUT2D eigenvalue weighted by Crippen LogP contribution is -2.46.